The molecule has 0 fully saturated rings. The van der Waals surface area contributed by atoms with E-state index < -0.39 is 0 Å². The average Bonchev–Trinajstić information content (AvgIpc) is 3.11. The summed E-state index contributed by atoms with van der Waals surface area (Å²) in [6, 6.07) is 9.50. The Hall–Kier alpha value is -2.51. The fourth-order valence-corrected chi connectivity index (χ4v) is 4.46. The predicted molar refractivity (Wildman–Crippen MR) is 129 cm³/mol. The third-order valence-corrected chi connectivity index (χ3v) is 6.49. The minimum Gasteiger partial charge on any atom is -0.495 e. The Labute approximate surface area is 201 Å². The van der Waals surface area contributed by atoms with Gasteiger partial charge in [-0.25, -0.2) is 4.68 Å². The molecule has 168 valence electrons. The van der Waals surface area contributed by atoms with Gasteiger partial charge in [0, 0.05) is 34.8 Å². The number of benzene rings is 2. The molecule has 2 aromatic carbocycles. The fourth-order valence-electron chi connectivity index (χ4n) is 3.67. The number of aromatic nitrogens is 2. The number of aryl methyl sites for hydroxylation is 1. The van der Waals surface area contributed by atoms with E-state index in [2.05, 4.69) is 15.9 Å². The van der Waals surface area contributed by atoms with E-state index in [0.717, 1.165) is 32.5 Å². The second kappa shape index (κ2) is 8.12. The van der Waals surface area contributed by atoms with Gasteiger partial charge in [-0.05, 0) is 73.5 Å². The summed E-state index contributed by atoms with van der Waals surface area (Å²) in [5.74, 6) is 1.17. The molecule has 0 saturated carbocycles. The highest BCUT2D eigenvalue weighted by molar-refractivity contribution is 9.10. The number of nitrogens with zero attached hydrogens (tertiary/aromatic N) is 3. The Morgan fingerprint density at radius 3 is 2.59 bits per heavy atom. The Bertz CT molecular complexity index is 1210. The molecule has 2 heterocycles. The largest absolute Gasteiger partial charge is 0.495 e. The van der Waals surface area contributed by atoms with Crippen molar-refractivity contribution in [2.45, 2.75) is 39.8 Å². The van der Waals surface area contributed by atoms with Gasteiger partial charge in [0.1, 0.15) is 18.1 Å². The lowest BCUT2D eigenvalue weighted by atomic mass is 10.0. The zero-order valence-corrected chi connectivity index (χ0v) is 21.3. The van der Waals surface area contributed by atoms with Gasteiger partial charge in [-0.1, -0.05) is 11.6 Å². The van der Waals surface area contributed by atoms with Crippen LogP contribution in [0.4, 0.5) is 0 Å². The van der Waals surface area contributed by atoms with E-state index in [1.807, 2.05) is 58.0 Å². The van der Waals surface area contributed by atoms with Crippen molar-refractivity contribution in [3.63, 3.8) is 0 Å². The average molecular weight is 519 g/mol. The summed E-state index contributed by atoms with van der Waals surface area (Å²) in [4.78, 5) is 15.2. The van der Waals surface area contributed by atoms with E-state index in [4.69, 9.17) is 26.2 Å². The number of fused-ring (bicyclic) bond motifs is 3. The molecule has 0 spiro atoms. The molecular weight excluding hydrogens is 494 g/mol. The van der Waals surface area contributed by atoms with Gasteiger partial charge in [0.05, 0.1) is 23.0 Å². The highest BCUT2D eigenvalue weighted by atomic mass is 79.9. The van der Waals surface area contributed by atoms with Crippen molar-refractivity contribution in [2.24, 2.45) is 0 Å². The van der Waals surface area contributed by atoms with Crippen molar-refractivity contribution < 1.29 is 14.3 Å². The topological polar surface area (TPSA) is 56.6 Å². The summed E-state index contributed by atoms with van der Waals surface area (Å²) in [6.07, 6.45) is 0. The normalized spacial score (nSPS) is 12.6. The van der Waals surface area contributed by atoms with Crippen LogP contribution >= 0.6 is 27.5 Å². The van der Waals surface area contributed by atoms with E-state index in [0.29, 0.717) is 22.2 Å². The third-order valence-electron chi connectivity index (χ3n) is 5.65. The van der Waals surface area contributed by atoms with Crippen molar-refractivity contribution in [1.29, 1.82) is 0 Å². The molecule has 32 heavy (non-hydrogen) atoms. The van der Waals surface area contributed by atoms with Gasteiger partial charge >= 0.3 is 0 Å². The van der Waals surface area contributed by atoms with Crippen molar-refractivity contribution in [3.8, 4) is 28.4 Å². The predicted octanol–water partition coefficient (Wildman–Crippen LogP) is 6.04. The number of ether oxygens (including phenoxy) is 2. The van der Waals surface area contributed by atoms with E-state index in [1.165, 1.54) is 0 Å². The maximum absolute atomic E-state index is 13.5. The van der Waals surface area contributed by atoms with Crippen LogP contribution in [0.2, 0.25) is 5.02 Å². The molecule has 0 radical (unpaired) electrons. The molecule has 0 unspecified atom stereocenters. The van der Waals surface area contributed by atoms with Crippen molar-refractivity contribution in [1.82, 2.24) is 14.7 Å². The minimum absolute atomic E-state index is 0.161. The monoisotopic (exact) mass is 517 g/mol. The van der Waals surface area contributed by atoms with Gasteiger partial charge in [-0.3, -0.25) is 4.79 Å². The van der Waals surface area contributed by atoms with Gasteiger partial charge < -0.3 is 14.4 Å². The zero-order chi connectivity index (χ0) is 23.4. The van der Waals surface area contributed by atoms with Crippen LogP contribution in [-0.2, 0) is 6.61 Å². The van der Waals surface area contributed by atoms with Gasteiger partial charge in [0.2, 0.25) is 0 Å². The molecule has 1 aliphatic heterocycles. The molecule has 1 aromatic heterocycles. The summed E-state index contributed by atoms with van der Waals surface area (Å²) in [5, 5.41) is 5.39. The molecule has 0 saturated heterocycles. The Morgan fingerprint density at radius 1 is 1.25 bits per heavy atom. The Morgan fingerprint density at radius 2 is 1.97 bits per heavy atom. The van der Waals surface area contributed by atoms with Crippen LogP contribution in [0.25, 0.3) is 16.9 Å². The lowest BCUT2D eigenvalue weighted by Gasteiger charge is -2.31. The van der Waals surface area contributed by atoms with Gasteiger partial charge in [0.15, 0.2) is 5.69 Å². The maximum atomic E-state index is 13.5. The summed E-state index contributed by atoms with van der Waals surface area (Å²) in [7, 11) is 3.40. The molecule has 3 aromatic rings. The van der Waals surface area contributed by atoms with E-state index in [1.54, 1.807) is 23.7 Å². The third kappa shape index (κ3) is 3.88. The molecule has 8 heteroatoms. The van der Waals surface area contributed by atoms with Gasteiger partial charge in [-0.2, -0.15) is 5.10 Å². The van der Waals surface area contributed by atoms with Crippen molar-refractivity contribution in [3.05, 3.63) is 56.6 Å². The highest BCUT2D eigenvalue weighted by Gasteiger charge is 2.34. The van der Waals surface area contributed by atoms with Crippen LogP contribution < -0.4 is 9.47 Å². The second-order valence-electron chi connectivity index (χ2n) is 8.88. The molecule has 0 N–H and O–H groups in total. The lowest BCUT2D eigenvalue weighted by molar-refractivity contribution is 0.0646. The summed E-state index contributed by atoms with van der Waals surface area (Å²) >= 11 is 9.93. The number of amides is 1. The number of rotatable bonds is 3. The number of hydrogen-bond donors (Lipinski definition) is 0. The first kappa shape index (κ1) is 22.7. The highest BCUT2D eigenvalue weighted by Crippen LogP contribution is 2.45. The smallest absolute Gasteiger partial charge is 0.274 e. The van der Waals surface area contributed by atoms with Crippen LogP contribution in [0.1, 0.15) is 42.4 Å². The van der Waals surface area contributed by atoms with Crippen molar-refractivity contribution in [2.75, 3.05) is 14.2 Å². The number of halogens is 2. The van der Waals surface area contributed by atoms with Crippen LogP contribution in [0, 0.1) is 6.92 Å². The molecule has 6 nitrogen and oxygen atoms in total. The molecular formula is C24H25BrClN3O3. The van der Waals surface area contributed by atoms with Crippen LogP contribution in [0.3, 0.4) is 0 Å². The summed E-state index contributed by atoms with van der Waals surface area (Å²) in [5.41, 5.74) is 4.16. The zero-order valence-electron chi connectivity index (χ0n) is 18.9. The molecule has 4 rings (SSSR count). The number of carbonyl (C=O) groups excluding carboxylic acids is 1. The second-order valence-corrected chi connectivity index (χ2v) is 10.2. The number of carbonyl (C=O) groups is 1. The van der Waals surface area contributed by atoms with Gasteiger partial charge in [0.25, 0.3) is 5.91 Å². The summed E-state index contributed by atoms with van der Waals surface area (Å²) in [6.45, 7) is 8.17. The number of hydrogen-bond acceptors (Lipinski definition) is 4. The fraction of sp³-hybridized carbons (Fsp3) is 0.333. The SMILES string of the molecule is COc1cc2c(cc1Br)-c1c(c(C(=O)N(C)C(C)(C)C)nn1-c1cc(C)cc(Cl)c1)CO2. The first-order valence-corrected chi connectivity index (χ1v) is 11.4. The Balaban J connectivity index is 2.00. The molecule has 0 aliphatic carbocycles. The number of methoxy groups -OCH3 is 1. The minimum atomic E-state index is -0.357. The lowest BCUT2D eigenvalue weighted by Crippen LogP contribution is -2.43. The Kier molecular flexibility index (Phi) is 5.75. The van der Waals surface area contributed by atoms with Crippen LogP contribution in [0.5, 0.6) is 11.5 Å². The van der Waals surface area contributed by atoms with E-state index >= 15 is 0 Å². The van der Waals surface area contributed by atoms with E-state index in [-0.39, 0.29) is 18.1 Å². The standard InChI is InChI=1S/C24H25BrClN3O3/c1-13-7-14(26)9-15(8-13)29-22-16-10-18(25)20(31-6)11-19(16)32-12-17(22)21(27-29)23(30)28(5)24(2,3)4/h7-11H,12H2,1-6H3. The molecule has 0 bridgehead atoms. The van der Waals surface area contributed by atoms with Crippen LogP contribution in [0.15, 0.2) is 34.8 Å². The molecule has 1 amide bonds. The van der Waals surface area contributed by atoms with E-state index in [9.17, 15) is 4.79 Å². The molecule has 1 aliphatic rings. The summed E-state index contributed by atoms with van der Waals surface area (Å²) < 4.78 is 14.1. The first-order chi connectivity index (χ1) is 15.0. The van der Waals surface area contributed by atoms with Gasteiger partial charge in [-0.15, -0.1) is 0 Å². The quantitative estimate of drug-likeness (QED) is 0.424. The van der Waals surface area contributed by atoms with Crippen LogP contribution in [-0.4, -0.2) is 40.3 Å². The first-order valence-electron chi connectivity index (χ1n) is 10.2. The maximum Gasteiger partial charge on any atom is 0.274 e. The van der Waals surface area contributed by atoms with Crippen molar-refractivity contribution >= 4 is 33.4 Å². The molecule has 0 atom stereocenters.